The zero-order valence-corrected chi connectivity index (χ0v) is 43.5. The van der Waals surface area contributed by atoms with Crippen molar-refractivity contribution in [3.05, 3.63) is 167 Å². The Morgan fingerprint density at radius 3 is 1.21 bits per heavy atom. The smallest absolute Gasteiger partial charge is 0.187 e. The SMILES string of the molecule is COCOC(C(C)C/C=C/CC(C)C(OCOC)C(/C=C(C)/C=C/C=C(\C)CCC=C(C)C)S(=O)(=O)c1ccccc1)C(/C=C(C)/C=C/C=C(\C)CCC=C(C)C)S(=O)(=O)c1ccccc1. The summed E-state index contributed by atoms with van der Waals surface area (Å²) in [6.07, 6.45) is 27.2. The number of rotatable bonds is 30. The van der Waals surface area contributed by atoms with E-state index in [2.05, 4.69) is 65.8 Å². The molecule has 0 radical (unpaired) electrons. The predicted molar refractivity (Wildman–Crippen MR) is 276 cm³/mol. The van der Waals surface area contributed by atoms with Gasteiger partial charge in [-0.05, 0) is 130 Å². The lowest BCUT2D eigenvalue weighted by Crippen LogP contribution is -2.40. The molecule has 364 valence electrons. The van der Waals surface area contributed by atoms with Gasteiger partial charge in [0.05, 0.1) is 22.0 Å². The molecule has 0 saturated heterocycles. The van der Waals surface area contributed by atoms with E-state index in [0.717, 1.165) is 36.8 Å². The molecular formula is C56H80O8S2. The highest BCUT2D eigenvalue weighted by molar-refractivity contribution is 7.92. The standard InChI is InChI=1S/C56H80O8S2/c1-43(2)25-21-27-45(5)29-23-31-47(7)39-53(65(57,58)51-35-15-13-16-36-51)55(63-41-61-11)49(9)33-19-20-34-50(10)56(64-42-62-12)54(66(59,60)52-37-17-14-18-38-52)40-48(8)32-24-30-46(6)28-22-26-44(3)4/h13-20,23-26,29-32,35-40,49-50,53-56H,21-22,27-28,33-34,41-42H2,1-12H3/b20-19+,31-23+,32-24+,45-29+,46-30+,47-39+,48-40+. The minimum Gasteiger partial charge on any atom is -0.359 e. The summed E-state index contributed by atoms with van der Waals surface area (Å²) in [5, 5.41) is -2.04. The van der Waals surface area contributed by atoms with E-state index in [0.29, 0.717) is 12.8 Å². The van der Waals surface area contributed by atoms with Crippen LogP contribution in [-0.4, -0.2) is 67.3 Å². The average Bonchev–Trinajstić information content (AvgIpc) is 3.27. The number of methoxy groups -OCH3 is 2. The summed E-state index contributed by atoms with van der Waals surface area (Å²) in [6, 6.07) is 17.0. The minimum atomic E-state index is -3.91. The first kappa shape index (κ1) is 58.0. The fourth-order valence-electron chi connectivity index (χ4n) is 7.31. The molecule has 0 spiro atoms. The van der Waals surface area contributed by atoms with E-state index >= 15 is 0 Å². The highest BCUT2D eigenvalue weighted by Crippen LogP contribution is 2.31. The fourth-order valence-corrected chi connectivity index (χ4v) is 11.2. The molecule has 0 amide bonds. The molecule has 0 aliphatic rings. The second kappa shape index (κ2) is 31.0. The van der Waals surface area contributed by atoms with Gasteiger partial charge in [0.15, 0.2) is 19.7 Å². The highest BCUT2D eigenvalue weighted by atomic mass is 32.2. The van der Waals surface area contributed by atoms with Gasteiger partial charge in [-0.1, -0.05) is 157 Å². The molecule has 0 bridgehead atoms. The second-order valence-electron chi connectivity index (χ2n) is 17.8. The first-order valence-corrected chi connectivity index (χ1v) is 26.2. The van der Waals surface area contributed by atoms with Crippen LogP contribution in [0, 0.1) is 11.8 Å². The Morgan fingerprint density at radius 2 is 0.894 bits per heavy atom. The van der Waals surface area contributed by atoms with Crippen LogP contribution < -0.4 is 0 Å². The number of benzene rings is 2. The van der Waals surface area contributed by atoms with Gasteiger partial charge in [-0.2, -0.15) is 0 Å². The third-order valence-corrected chi connectivity index (χ3v) is 15.2. The second-order valence-corrected chi connectivity index (χ2v) is 22.0. The lowest BCUT2D eigenvalue weighted by Gasteiger charge is -2.30. The average molecular weight is 945 g/mol. The number of allylic oxidation sites excluding steroid dienone is 16. The molecule has 0 N–H and O–H groups in total. The normalized spacial score (nSPS) is 16.4. The van der Waals surface area contributed by atoms with Crippen molar-refractivity contribution in [3.8, 4) is 0 Å². The molecule has 0 fully saturated rings. The number of hydrogen-bond acceptors (Lipinski definition) is 8. The lowest BCUT2D eigenvalue weighted by molar-refractivity contribution is -0.0863. The van der Waals surface area contributed by atoms with Crippen LogP contribution in [0.25, 0.3) is 0 Å². The fraction of sp³-hybridized carbons (Fsp3) is 0.464. The summed E-state index contributed by atoms with van der Waals surface area (Å²) in [4.78, 5) is 0.424. The highest BCUT2D eigenvalue weighted by Gasteiger charge is 2.38. The van der Waals surface area contributed by atoms with Crippen LogP contribution in [0.15, 0.2) is 177 Å². The molecule has 2 aromatic rings. The lowest BCUT2D eigenvalue weighted by atomic mass is 9.94. The van der Waals surface area contributed by atoms with Crippen molar-refractivity contribution in [1.29, 1.82) is 0 Å². The summed E-state index contributed by atoms with van der Waals surface area (Å²) in [5.74, 6) is -0.538. The maximum Gasteiger partial charge on any atom is 0.187 e. The Hall–Kier alpha value is -4.16. The zero-order valence-electron chi connectivity index (χ0n) is 41.9. The van der Waals surface area contributed by atoms with Crippen LogP contribution in [0.1, 0.15) is 108 Å². The molecule has 6 unspecified atom stereocenters. The van der Waals surface area contributed by atoms with Crippen LogP contribution in [0.4, 0.5) is 0 Å². The zero-order chi connectivity index (χ0) is 49.1. The van der Waals surface area contributed by atoms with Crippen molar-refractivity contribution in [2.75, 3.05) is 27.8 Å². The van der Waals surface area contributed by atoms with E-state index in [1.807, 2.05) is 64.2 Å². The Balaban J connectivity index is 2.50. The van der Waals surface area contributed by atoms with Gasteiger partial charge < -0.3 is 18.9 Å². The Morgan fingerprint density at radius 1 is 0.545 bits per heavy atom. The van der Waals surface area contributed by atoms with Gasteiger partial charge in [0, 0.05) is 14.2 Å². The Bertz CT molecular complexity index is 2070. The molecule has 2 aromatic carbocycles. The van der Waals surface area contributed by atoms with Crippen molar-refractivity contribution in [2.24, 2.45) is 11.8 Å². The number of ether oxygens (including phenoxy) is 4. The summed E-state index contributed by atoms with van der Waals surface area (Å²) < 4.78 is 81.1. The predicted octanol–water partition coefficient (Wildman–Crippen LogP) is 13.6. The third kappa shape index (κ3) is 21.2. The molecular weight excluding hydrogens is 865 g/mol. The van der Waals surface area contributed by atoms with E-state index < -0.39 is 42.4 Å². The van der Waals surface area contributed by atoms with E-state index in [1.165, 1.54) is 36.5 Å². The molecule has 0 aliphatic heterocycles. The van der Waals surface area contributed by atoms with Crippen LogP contribution in [0.2, 0.25) is 0 Å². The van der Waals surface area contributed by atoms with Crippen LogP contribution in [-0.2, 0) is 38.6 Å². The molecule has 66 heavy (non-hydrogen) atoms. The molecule has 10 heteroatoms. The quantitative estimate of drug-likeness (QED) is 0.0433. The third-order valence-electron chi connectivity index (χ3n) is 11.1. The summed E-state index contributed by atoms with van der Waals surface area (Å²) in [6.45, 7) is 20.2. The Kier molecular flexibility index (Phi) is 27.2. The monoisotopic (exact) mass is 945 g/mol. The molecule has 0 aliphatic carbocycles. The van der Waals surface area contributed by atoms with Crippen molar-refractivity contribution in [1.82, 2.24) is 0 Å². The first-order valence-electron chi connectivity index (χ1n) is 23.1. The van der Waals surface area contributed by atoms with Crippen LogP contribution >= 0.6 is 0 Å². The van der Waals surface area contributed by atoms with E-state index in [-0.39, 0.29) is 35.2 Å². The van der Waals surface area contributed by atoms with Gasteiger partial charge >= 0.3 is 0 Å². The summed E-state index contributed by atoms with van der Waals surface area (Å²) >= 11 is 0. The summed E-state index contributed by atoms with van der Waals surface area (Å²) in [7, 11) is -4.78. The molecule has 2 rings (SSSR count). The van der Waals surface area contributed by atoms with Crippen molar-refractivity contribution in [2.45, 2.75) is 140 Å². The summed E-state index contributed by atoms with van der Waals surface area (Å²) in [5.41, 5.74) is 6.63. The van der Waals surface area contributed by atoms with Crippen molar-refractivity contribution < 1.29 is 35.8 Å². The largest absolute Gasteiger partial charge is 0.359 e. The topological polar surface area (TPSA) is 105 Å². The van der Waals surface area contributed by atoms with Crippen LogP contribution in [0.5, 0.6) is 0 Å². The van der Waals surface area contributed by atoms with E-state index in [9.17, 15) is 16.8 Å². The molecule has 0 saturated carbocycles. The maximum atomic E-state index is 14.5. The van der Waals surface area contributed by atoms with Gasteiger partial charge in [-0.15, -0.1) is 0 Å². The molecule has 0 aromatic heterocycles. The number of sulfone groups is 2. The van der Waals surface area contributed by atoms with Gasteiger partial charge in [0.1, 0.15) is 24.1 Å². The minimum absolute atomic E-state index is 0.0863. The van der Waals surface area contributed by atoms with E-state index in [1.54, 1.807) is 72.8 Å². The first-order chi connectivity index (χ1) is 31.3. The van der Waals surface area contributed by atoms with Gasteiger partial charge in [0.25, 0.3) is 0 Å². The van der Waals surface area contributed by atoms with Crippen LogP contribution in [0.3, 0.4) is 0 Å². The van der Waals surface area contributed by atoms with E-state index in [4.69, 9.17) is 18.9 Å². The molecule has 8 nitrogen and oxygen atoms in total. The van der Waals surface area contributed by atoms with Gasteiger partial charge in [0.2, 0.25) is 0 Å². The van der Waals surface area contributed by atoms with Gasteiger partial charge in [-0.3, -0.25) is 0 Å². The van der Waals surface area contributed by atoms with Gasteiger partial charge in [-0.25, -0.2) is 16.8 Å². The molecule has 6 atom stereocenters. The molecule has 0 heterocycles. The maximum absolute atomic E-state index is 14.5. The number of hydrogen-bond donors (Lipinski definition) is 0. The Labute approximate surface area is 400 Å². The van der Waals surface area contributed by atoms with Crippen molar-refractivity contribution in [3.63, 3.8) is 0 Å². The van der Waals surface area contributed by atoms with Crippen molar-refractivity contribution >= 4 is 19.7 Å².